The summed E-state index contributed by atoms with van der Waals surface area (Å²) in [6.45, 7) is 4.17. The highest BCUT2D eigenvalue weighted by Gasteiger charge is 2.17. The predicted octanol–water partition coefficient (Wildman–Crippen LogP) is 4.33. The summed E-state index contributed by atoms with van der Waals surface area (Å²) in [4.78, 5) is 7.96. The van der Waals surface area contributed by atoms with E-state index in [1.807, 2.05) is 24.4 Å². The molecule has 1 aliphatic heterocycles. The topological polar surface area (TPSA) is 29.3 Å². The summed E-state index contributed by atoms with van der Waals surface area (Å²) in [6, 6.07) is 4.04. The van der Waals surface area contributed by atoms with Crippen molar-refractivity contribution < 1.29 is 4.42 Å². The second kappa shape index (κ2) is 6.28. The van der Waals surface area contributed by atoms with E-state index in [1.54, 1.807) is 23.1 Å². The molecule has 6 heteroatoms. The van der Waals surface area contributed by atoms with Gasteiger partial charge < -0.3 is 9.32 Å². The summed E-state index contributed by atoms with van der Waals surface area (Å²) in [5.41, 5.74) is 1.000. The molecule has 2 aromatic heterocycles. The van der Waals surface area contributed by atoms with Crippen LogP contribution in [0.2, 0.25) is 0 Å². The van der Waals surface area contributed by atoms with E-state index < -0.39 is 0 Å². The summed E-state index contributed by atoms with van der Waals surface area (Å²) in [5.74, 6) is 2.40. The zero-order chi connectivity index (χ0) is 13.9. The summed E-state index contributed by atoms with van der Waals surface area (Å²) >= 11 is 8.81. The molecule has 3 rings (SSSR count). The first kappa shape index (κ1) is 14.1. The third-order valence-corrected chi connectivity index (χ3v) is 5.71. The number of aryl methyl sites for hydroxylation is 1. The third kappa shape index (κ3) is 3.07. The first-order valence-electron chi connectivity index (χ1n) is 6.66. The van der Waals surface area contributed by atoms with E-state index in [1.165, 1.54) is 12.8 Å². The van der Waals surface area contributed by atoms with Crippen molar-refractivity contribution in [2.45, 2.75) is 25.5 Å². The van der Waals surface area contributed by atoms with Gasteiger partial charge in [-0.3, -0.25) is 0 Å². The van der Waals surface area contributed by atoms with Crippen molar-refractivity contribution in [3.63, 3.8) is 0 Å². The lowest BCUT2D eigenvalue weighted by Gasteiger charge is -2.16. The molecule has 0 bridgehead atoms. The van der Waals surface area contributed by atoms with Crippen molar-refractivity contribution in [3.8, 4) is 10.8 Å². The number of thiophene rings is 1. The molecule has 20 heavy (non-hydrogen) atoms. The van der Waals surface area contributed by atoms with E-state index in [2.05, 4.69) is 9.88 Å². The van der Waals surface area contributed by atoms with E-state index in [-0.39, 0.29) is 0 Å². The molecule has 0 aromatic carbocycles. The Morgan fingerprint density at radius 2 is 2.30 bits per heavy atom. The average molecular weight is 324 g/mol. The minimum absolute atomic E-state index is 0.722. The van der Waals surface area contributed by atoms with Crippen LogP contribution in [0, 0.1) is 6.92 Å². The maximum atomic E-state index is 5.75. The fourth-order valence-electron chi connectivity index (χ4n) is 2.19. The molecule has 0 aliphatic carbocycles. The molecule has 3 heterocycles. The molecule has 106 valence electrons. The van der Waals surface area contributed by atoms with Gasteiger partial charge in [0.1, 0.15) is 10.1 Å². The molecule has 0 amide bonds. The van der Waals surface area contributed by atoms with Gasteiger partial charge in [-0.2, -0.15) is 0 Å². The lowest BCUT2D eigenvalue weighted by atomic mass is 10.4. The first-order chi connectivity index (χ1) is 9.74. The number of hydrogen-bond acceptors (Lipinski definition) is 5. The smallest absolute Gasteiger partial charge is 0.236 e. The molecule has 0 spiro atoms. The average Bonchev–Trinajstić information content (AvgIpc) is 3.18. The molecule has 1 fully saturated rings. The fourth-order valence-corrected chi connectivity index (χ4v) is 4.09. The van der Waals surface area contributed by atoms with Gasteiger partial charge in [0.25, 0.3) is 0 Å². The Labute approximate surface area is 132 Å². The van der Waals surface area contributed by atoms with Crippen molar-refractivity contribution in [2.24, 2.45) is 0 Å². The van der Waals surface area contributed by atoms with Gasteiger partial charge in [0.15, 0.2) is 0 Å². The SMILES string of the molecule is Cc1oc(-c2cccs2)nc1CSC(=S)N1CCCC1. The zero-order valence-corrected chi connectivity index (χ0v) is 13.7. The Kier molecular flexibility index (Phi) is 4.43. The Hall–Kier alpha value is -0.850. The standard InChI is InChI=1S/C14H16N2OS3/c1-10-11(9-20-14(18)16-6-2-3-7-16)15-13(17-10)12-5-4-8-19-12/h4-5,8H,2-3,6-7,9H2,1H3. The van der Waals surface area contributed by atoms with Crippen molar-refractivity contribution in [1.29, 1.82) is 0 Å². The van der Waals surface area contributed by atoms with E-state index in [0.29, 0.717) is 0 Å². The van der Waals surface area contributed by atoms with Crippen LogP contribution in [-0.2, 0) is 5.75 Å². The number of hydrogen-bond donors (Lipinski definition) is 0. The molecule has 0 unspecified atom stereocenters. The summed E-state index contributed by atoms with van der Waals surface area (Å²) in [6.07, 6.45) is 2.51. The molecule has 1 saturated heterocycles. The number of nitrogens with zero attached hydrogens (tertiary/aromatic N) is 2. The summed E-state index contributed by atoms with van der Waals surface area (Å²) < 4.78 is 6.73. The Bertz CT molecular complexity index is 586. The monoisotopic (exact) mass is 324 g/mol. The quantitative estimate of drug-likeness (QED) is 0.784. The van der Waals surface area contributed by atoms with Crippen LogP contribution in [0.4, 0.5) is 0 Å². The van der Waals surface area contributed by atoms with E-state index in [0.717, 1.165) is 45.4 Å². The number of likely N-dealkylation sites (tertiary alicyclic amines) is 1. The second-order valence-corrected chi connectivity index (χ2v) is 7.30. The minimum atomic E-state index is 0.722. The molecule has 0 N–H and O–H groups in total. The fraction of sp³-hybridized carbons (Fsp3) is 0.429. The molecule has 2 aromatic rings. The summed E-state index contributed by atoms with van der Waals surface area (Å²) in [5, 5.41) is 2.03. The number of aromatic nitrogens is 1. The maximum Gasteiger partial charge on any atom is 0.236 e. The molecular formula is C14H16N2OS3. The van der Waals surface area contributed by atoms with Crippen molar-refractivity contribution in [3.05, 3.63) is 29.0 Å². The Morgan fingerprint density at radius 3 is 3.00 bits per heavy atom. The van der Waals surface area contributed by atoms with Gasteiger partial charge in [-0.1, -0.05) is 30.0 Å². The number of thioether (sulfide) groups is 1. The molecule has 0 saturated carbocycles. The number of thiocarbonyl (C=S) groups is 1. The minimum Gasteiger partial charge on any atom is -0.440 e. The van der Waals surface area contributed by atoms with Crippen LogP contribution in [0.15, 0.2) is 21.9 Å². The van der Waals surface area contributed by atoms with Gasteiger partial charge in [0, 0.05) is 18.8 Å². The molecule has 3 nitrogen and oxygen atoms in total. The normalized spacial score (nSPS) is 14.9. The van der Waals surface area contributed by atoms with E-state index in [9.17, 15) is 0 Å². The van der Waals surface area contributed by atoms with Crippen molar-refractivity contribution >= 4 is 39.6 Å². The van der Waals surface area contributed by atoms with Gasteiger partial charge in [0.2, 0.25) is 5.89 Å². The van der Waals surface area contributed by atoms with Crippen LogP contribution >= 0.6 is 35.3 Å². The van der Waals surface area contributed by atoms with Crippen LogP contribution in [0.5, 0.6) is 0 Å². The Balaban J connectivity index is 1.64. The van der Waals surface area contributed by atoms with E-state index >= 15 is 0 Å². The van der Waals surface area contributed by atoms with Gasteiger partial charge in [-0.05, 0) is 31.2 Å². The third-order valence-electron chi connectivity index (χ3n) is 3.32. The first-order valence-corrected chi connectivity index (χ1v) is 8.93. The highest BCUT2D eigenvalue weighted by Crippen LogP contribution is 2.28. The molecular weight excluding hydrogens is 308 g/mol. The van der Waals surface area contributed by atoms with Crippen LogP contribution in [0.25, 0.3) is 10.8 Å². The van der Waals surface area contributed by atoms with Gasteiger partial charge in [-0.15, -0.1) is 11.3 Å². The predicted molar refractivity (Wildman–Crippen MR) is 89.3 cm³/mol. The lowest BCUT2D eigenvalue weighted by molar-refractivity contribution is 0.538. The number of oxazole rings is 1. The molecule has 0 atom stereocenters. The number of rotatable bonds is 3. The van der Waals surface area contributed by atoms with E-state index in [4.69, 9.17) is 16.6 Å². The van der Waals surface area contributed by atoms with Crippen LogP contribution < -0.4 is 0 Å². The van der Waals surface area contributed by atoms with Crippen LogP contribution in [0.3, 0.4) is 0 Å². The van der Waals surface area contributed by atoms with Gasteiger partial charge in [-0.25, -0.2) is 4.98 Å². The second-order valence-electron chi connectivity index (χ2n) is 4.75. The lowest BCUT2D eigenvalue weighted by Crippen LogP contribution is -2.23. The highest BCUT2D eigenvalue weighted by molar-refractivity contribution is 8.22. The van der Waals surface area contributed by atoms with Crippen LogP contribution in [0.1, 0.15) is 24.3 Å². The Morgan fingerprint density at radius 1 is 1.50 bits per heavy atom. The van der Waals surface area contributed by atoms with Crippen molar-refractivity contribution in [2.75, 3.05) is 13.1 Å². The highest BCUT2D eigenvalue weighted by atomic mass is 32.2. The zero-order valence-electron chi connectivity index (χ0n) is 11.3. The van der Waals surface area contributed by atoms with Gasteiger partial charge in [0.05, 0.1) is 10.6 Å². The molecule has 0 radical (unpaired) electrons. The molecule has 1 aliphatic rings. The summed E-state index contributed by atoms with van der Waals surface area (Å²) in [7, 11) is 0. The van der Waals surface area contributed by atoms with Crippen LogP contribution in [-0.4, -0.2) is 27.3 Å². The maximum absolute atomic E-state index is 5.75. The largest absolute Gasteiger partial charge is 0.440 e. The van der Waals surface area contributed by atoms with Gasteiger partial charge >= 0.3 is 0 Å². The van der Waals surface area contributed by atoms with Crippen molar-refractivity contribution in [1.82, 2.24) is 9.88 Å².